The normalized spacial score (nSPS) is 13.7. The molecule has 1 aromatic rings. The number of aliphatic carboxylic acids is 1. The lowest BCUT2D eigenvalue weighted by molar-refractivity contribution is -0.133. The number of nitrogens with one attached hydrogen (secondary N) is 1. The van der Waals surface area contributed by atoms with Gasteiger partial charge in [0.2, 0.25) is 0 Å². The van der Waals surface area contributed by atoms with Crippen molar-refractivity contribution < 1.29 is 19.4 Å². The van der Waals surface area contributed by atoms with Gasteiger partial charge in [0.25, 0.3) is 5.91 Å². The molecule has 1 fully saturated rings. The zero-order chi connectivity index (χ0) is 15.1. The summed E-state index contributed by atoms with van der Waals surface area (Å²) in [5.74, 6) is 1.14. The van der Waals surface area contributed by atoms with Gasteiger partial charge in [0, 0.05) is 17.9 Å². The zero-order valence-corrected chi connectivity index (χ0v) is 12.5. The van der Waals surface area contributed by atoms with Crippen LogP contribution in [0.1, 0.15) is 23.2 Å². The van der Waals surface area contributed by atoms with E-state index >= 15 is 0 Å². The summed E-state index contributed by atoms with van der Waals surface area (Å²) in [5, 5.41) is 11.2. The van der Waals surface area contributed by atoms with Gasteiger partial charge in [0.15, 0.2) is 0 Å². The van der Waals surface area contributed by atoms with Gasteiger partial charge in [0.1, 0.15) is 5.75 Å². The van der Waals surface area contributed by atoms with E-state index in [1.165, 1.54) is 24.6 Å². The minimum Gasteiger partial charge on any atom is -0.493 e. The first-order valence-electron chi connectivity index (χ1n) is 6.96. The van der Waals surface area contributed by atoms with Gasteiger partial charge in [-0.1, -0.05) is 0 Å². The fraction of sp³-hybridized carbons (Fsp3) is 0.467. The van der Waals surface area contributed by atoms with E-state index in [1.54, 1.807) is 24.3 Å². The molecule has 1 amide bonds. The van der Waals surface area contributed by atoms with E-state index in [0.29, 0.717) is 23.8 Å². The maximum atomic E-state index is 11.9. The number of rotatable bonds is 9. The molecular formula is C15H19NO4S. The number of hydrogen-bond acceptors (Lipinski definition) is 4. The first-order valence-corrected chi connectivity index (χ1v) is 8.11. The standard InChI is InChI=1S/C15H19NO4S/c17-14(18)10-21-8-7-16-15(19)12-3-5-13(6-4-12)20-9-11-1-2-11/h3-6,11H,1-2,7-10H2,(H,16,19)(H,17,18). The van der Waals surface area contributed by atoms with Crippen LogP contribution in [-0.4, -0.2) is 41.6 Å². The molecule has 0 bridgehead atoms. The number of benzene rings is 1. The molecule has 1 saturated carbocycles. The van der Waals surface area contributed by atoms with E-state index in [2.05, 4.69) is 5.32 Å². The monoisotopic (exact) mass is 309 g/mol. The summed E-state index contributed by atoms with van der Waals surface area (Å²) in [6.07, 6.45) is 2.50. The highest BCUT2D eigenvalue weighted by Crippen LogP contribution is 2.29. The van der Waals surface area contributed by atoms with E-state index in [-0.39, 0.29) is 11.7 Å². The Kier molecular flexibility index (Phi) is 5.92. The van der Waals surface area contributed by atoms with Crippen molar-refractivity contribution in [3.05, 3.63) is 29.8 Å². The number of carboxylic acids is 1. The minimum atomic E-state index is -0.840. The second-order valence-corrected chi connectivity index (χ2v) is 6.09. The number of carbonyl (C=O) groups excluding carboxylic acids is 1. The van der Waals surface area contributed by atoms with Crippen molar-refractivity contribution in [2.45, 2.75) is 12.8 Å². The third-order valence-corrected chi connectivity index (χ3v) is 4.00. The first kappa shape index (κ1) is 15.7. The molecule has 0 heterocycles. The Morgan fingerprint density at radius 3 is 2.62 bits per heavy atom. The van der Waals surface area contributed by atoms with Crippen LogP contribution in [0.3, 0.4) is 0 Å². The predicted molar refractivity (Wildman–Crippen MR) is 82.0 cm³/mol. The van der Waals surface area contributed by atoms with Crippen molar-refractivity contribution in [1.29, 1.82) is 0 Å². The zero-order valence-electron chi connectivity index (χ0n) is 11.7. The highest BCUT2D eigenvalue weighted by Gasteiger charge is 2.21. The van der Waals surface area contributed by atoms with Crippen LogP contribution in [0.5, 0.6) is 5.75 Å². The van der Waals surface area contributed by atoms with E-state index in [1.807, 2.05) is 0 Å². The molecule has 1 aromatic carbocycles. The number of carboxylic acid groups (broad SMARTS) is 1. The lowest BCUT2D eigenvalue weighted by atomic mass is 10.2. The second-order valence-electron chi connectivity index (χ2n) is 4.98. The lowest BCUT2D eigenvalue weighted by Crippen LogP contribution is -2.25. The molecule has 21 heavy (non-hydrogen) atoms. The van der Waals surface area contributed by atoms with Crippen LogP contribution < -0.4 is 10.1 Å². The van der Waals surface area contributed by atoms with Gasteiger partial charge in [-0.25, -0.2) is 0 Å². The van der Waals surface area contributed by atoms with Gasteiger partial charge in [-0.05, 0) is 43.0 Å². The maximum Gasteiger partial charge on any atom is 0.313 e. The van der Waals surface area contributed by atoms with E-state index in [4.69, 9.17) is 9.84 Å². The molecule has 0 saturated heterocycles. The molecule has 6 heteroatoms. The molecule has 1 aliphatic rings. The summed E-state index contributed by atoms with van der Waals surface area (Å²) >= 11 is 1.28. The van der Waals surface area contributed by atoms with E-state index < -0.39 is 5.97 Å². The Balaban J connectivity index is 1.67. The predicted octanol–water partition coefficient (Wildman–Crippen LogP) is 2.02. The Bertz CT molecular complexity index is 485. The summed E-state index contributed by atoms with van der Waals surface area (Å²) in [6, 6.07) is 7.08. The molecule has 2 N–H and O–H groups in total. The van der Waals surface area contributed by atoms with Crippen LogP contribution in [0.25, 0.3) is 0 Å². The van der Waals surface area contributed by atoms with Crippen molar-refractivity contribution in [3.8, 4) is 5.75 Å². The average Bonchev–Trinajstić information content (AvgIpc) is 3.29. The van der Waals surface area contributed by atoms with Gasteiger partial charge >= 0.3 is 5.97 Å². The summed E-state index contributed by atoms with van der Waals surface area (Å²) in [5.41, 5.74) is 0.581. The fourth-order valence-corrected chi connectivity index (χ4v) is 2.26. The number of carbonyl (C=O) groups is 2. The number of hydrogen-bond donors (Lipinski definition) is 2. The largest absolute Gasteiger partial charge is 0.493 e. The molecule has 5 nitrogen and oxygen atoms in total. The summed E-state index contributed by atoms with van der Waals surface area (Å²) < 4.78 is 5.61. The van der Waals surface area contributed by atoms with Crippen LogP contribution in [-0.2, 0) is 4.79 Å². The molecule has 0 spiro atoms. The first-order chi connectivity index (χ1) is 10.1. The maximum absolute atomic E-state index is 11.9. The molecule has 0 unspecified atom stereocenters. The SMILES string of the molecule is O=C(O)CSCCNC(=O)c1ccc(OCC2CC2)cc1. The summed E-state index contributed by atoms with van der Waals surface area (Å²) in [4.78, 5) is 22.2. The van der Waals surface area contributed by atoms with Gasteiger partial charge in [-0.15, -0.1) is 11.8 Å². The number of ether oxygens (including phenoxy) is 1. The van der Waals surface area contributed by atoms with Crippen molar-refractivity contribution in [2.24, 2.45) is 5.92 Å². The van der Waals surface area contributed by atoms with Gasteiger partial charge in [-0.3, -0.25) is 9.59 Å². The van der Waals surface area contributed by atoms with Crippen LogP contribution in [0.15, 0.2) is 24.3 Å². The Morgan fingerprint density at radius 2 is 2.00 bits per heavy atom. The van der Waals surface area contributed by atoms with Crippen molar-refractivity contribution in [2.75, 3.05) is 24.7 Å². The molecule has 0 radical (unpaired) electrons. The molecule has 0 aromatic heterocycles. The van der Waals surface area contributed by atoms with Crippen molar-refractivity contribution in [1.82, 2.24) is 5.32 Å². The molecular weight excluding hydrogens is 290 g/mol. The Morgan fingerprint density at radius 1 is 1.29 bits per heavy atom. The molecule has 114 valence electrons. The highest BCUT2D eigenvalue weighted by molar-refractivity contribution is 7.99. The molecule has 1 aliphatic carbocycles. The summed E-state index contributed by atoms with van der Waals surface area (Å²) in [6.45, 7) is 1.21. The molecule has 0 atom stereocenters. The van der Waals surface area contributed by atoms with Crippen LogP contribution in [0.2, 0.25) is 0 Å². The Hall–Kier alpha value is -1.69. The summed E-state index contributed by atoms with van der Waals surface area (Å²) in [7, 11) is 0. The minimum absolute atomic E-state index is 0.0584. The Labute approximate surface area is 128 Å². The molecule has 0 aliphatic heterocycles. The number of thioether (sulfide) groups is 1. The van der Waals surface area contributed by atoms with Crippen LogP contribution in [0, 0.1) is 5.92 Å². The third-order valence-electron chi connectivity index (χ3n) is 3.06. The highest BCUT2D eigenvalue weighted by atomic mass is 32.2. The topological polar surface area (TPSA) is 75.6 Å². The van der Waals surface area contributed by atoms with Crippen LogP contribution in [0.4, 0.5) is 0 Å². The number of amides is 1. The lowest BCUT2D eigenvalue weighted by Gasteiger charge is -2.07. The van der Waals surface area contributed by atoms with Crippen molar-refractivity contribution >= 4 is 23.6 Å². The third kappa shape index (κ3) is 6.08. The quantitative estimate of drug-likeness (QED) is 0.683. The molecule has 2 rings (SSSR count). The fourth-order valence-electron chi connectivity index (χ4n) is 1.70. The van der Waals surface area contributed by atoms with E-state index in [9.17, 15) is 9.59 Å². The van der Waals surface area contributed by atoms with Gasteiger partial charge in [0.05, 0.1) is 12.4 Å². The smallest absolute Gasteiger partial charge is 0.313 e. The van der Waals surface area contributed by atoms with Crippen LogP contribution >= 0.6 is 11.8 Å². The second kappa shape index (κ2) is 7.93. The van der Waals surface area contributed by atoms with E-state index in [0.717, 1.165) is 12.4 Å². The van der Waals surface area contributed by atoms with Gasteiger partial charge in [-0.2, -0.15) is 0 Å². The average molecular weight is 309 g/mol. The van der Waals surface area contributed by atoms with Gasteiger partial charge < -0.3 is 15.2 Å². The van der Waals surface area contributed by atoms with Crippen molar-refractivity contribution in [3.63, 3.8) is 0 Å².